The largest absolute Gasteiger partial charge is 0.342 e. The summed E-state index contributed by atoms with van der Waals surface area (Å²) in [4.78, 5) is 22.4. The molecule has 1 unspecified atom stereocenters. The Bertz CT molecular complexity index is 398. The highest BCUT2D eigenvalue weighted by Gasteiger charge is 2.30. The van der Waals surface area contributed by atoms with Crippen LogP contribution in [0, 0.1) is 0 Å². The van der Waals surface area contributed by atoms with Crippen LogP contribution in [0.25, 0.3) is 0 Å². The van der Waals surface area contributed by atoms with Crippen LogP contribution in [0.4, 0.5) is 0 Å². The van der Waals surface area contributed by atoms with Crippen molar-refractivity contribution in [1.82, 2.24) is 5.32 Å². The highest BCUT2D eigenvalue weighted by atomic mass is 16.2. The average Bonchev–Trinajstić information content (AvgIpc) is 2.43. The van der Waals surface area contributed by atoms with Crippen LogP contribution in [0.3, 0.4) is 0 Å². The van der Waals surface area contributed by atoms with Crippen LogP contribution in [0.15, 0.2) is 24.3 Å². The Morgan fingerprint density at radius 1 is 1.43 bits per heavy atom. The number of fused-ring (bicyclic) bond motifs is 1. The van der Waals surface area contributed by atoms with E-state index in [-0.39, 0.29) is 11.7 Å². The lowest BCUT2D eigenvalue weighted by Gasteiger charge is -2.10. The maximum atomic E-state index is 11.6. The third kappa shape index (κ3) is 1.41. The molecule has 0 spiro atoms. The molecule has 3 nitrogen and oxygen atoms in total. The second-order valence-electron chi connectivity index (χ2n) is 3.48. The SMILES string of the molecule is CC(=O)NC1C(=O)Cc2ccccc21. The van der Waals surface area contributed by atoms with Gasteiger partial charge in [-0.15, -0.1) is 0 Å². The summed E-state index contributed by atoms with van der Waals surface area (Å²) in [7, 11) is 0. The lowest BCUT2D eigenvalue weighted by Crippen LogP contribution is -2.29. The molecule has 0 fully saturated rings. The molecule has 1 atom stereocenters. The number of benzene rings is 1. The number of Topliss-reactive ketones (excluding diaryl/α,β-unsaturated/α-hetero) is 1. The van der Waals surface area contributed by atoms with Gasteiger partial charge >= 0.3 is 0 Å². The van der Waals surface area contributed by atoms with E-state index in [4.69, 9.17) is 0 Å². The lowest BCUT2D eigenvalue weighted by atomic mass is 10.1. The molecule has 14 heavy (non-hydrogen) atoms. The summed E-state index contributed by atoms with van der Waals surface area (Å²) in [5.74, 6) is -0.0959. The molecular weight excluding hydrogens is 178 g/mol. The monoisotopic (exact) mass is 189 g/mol. The Hall–Kier alpha value is -1.64. The zero-order valence-corrected chi connectivity index (χ0v) is 7.91. The molecule has 0 bridgehead atoms. The van der Waals surface area contributed by atoms with Gasteiger partial charge in [-0.2, -0.15) is 0 Å². The minimum Gasteiger partial charge on any atom is -0.342 e. The summed E-state index contributed by atoms with van der Waals surface area (Å²) in [6, 6.07) is 7.17. The van der Waals surface area contributed by atoms with Gasteiger partial charge in [0, 0.05) is 13.3 Å². The first-order chi connectivity index (χ1) is 6.68. The molecule has 0 saturated heterocycles. The molecule has 0 aromatic heterocycles. The Kier molecular flexibility index (Phi) is 2.08. The van der Waals surface area contributed by atoms with Crippen molar-refractivity contribution in [2.75, 3.05) is 0 Å². The molecule has 1 N–H and O–H groups in total. The molecule has 1 aromatic rings. The number of rotatable bonds is 1. The zero-order chi connectivity index (χ0) is 10.1. The fraction of sp³-hybridized carbons (Fsp3) is 0.273. The highest BCUT2D eigenvalue weighted by Crippen LogP contribution is 2.27. The molecule has 0 radical (unpaired) electrons. The summed E-state index contributed by atoms with van der Waals surface area (Å²) in [6.07, 6.45) is 0.432. The van der Waals surface area contributed by atoms with E-state index in [0.29, 0.717) is 6.42 Å². The Balaban J connectivity index is 2.34. The van der Waals surface area contributed by atoms with Crippen molar-refractivity contribution in [2.45, 2.75) is 19.4 Å². The first-order valence-corrected chi connectivity index (χ1v) is 4.56. The zero-order valence-electron chi connectivity index (χ0n) is 7.91. The summed E-state index contributed by atoms with van der Waals surface area (Å²) in [5.41, 5.74) is 1.96. The summed E-state index contributed by atoms with van der Waals surface area (Å²) in [6.45, 7) is 1.42. The van der Waals surface area contributed by atoms with Crippen LogP contribution in [0.5, 0.6) is 0 Å². The third-order valence-electron chi connectivity index (χ3n) is 2.40. The van der Waals surface area contributed by atoms with E-state index in [9.17, 15) is 9.59 Å². The molecule has 2 rings (SSSR count). The van der Waals surface area contributed by atoms with Crippen LogP contribution in [-0.4, -0.2) is 11.7 Å². The second kappa shape index (κ2) is 3.25. The van der Waals surface area contributed by atoms with Gasteiger partial charge in [-0.1, -0.05) is 24.3 Å². The maximum Gasteiger partial charge on any atom is 0.217 e. The lowest BCUT2D eigenvalue weighted by molar-refractivity contribution is -0.125. The second-order valence-corrected chi connectivity index (χ2v) is 3.48. The topological polar surface area (TPSA) is 46.2 Å². The number of amides is 1. The van der Waals surface area contributed by atoms with Gasteiger partial charge in [0.05, 0.1) is 0 Å². The van der Waals surface area contributed by atoms with Crippen LogP contribution in [0.2, 0.25) is 0 Å². The summed E-state index contributed by atoms with van der Waals surface area (Å²) < 4.78 is 0. The van der Waals surface area contributed by atoms with E-state index in [2.05, 4.69) is 5.32 Å². The minimum atomic E-state index is -0.427. The van der Waals surface area contributed by atoms with Gasteiger partial charge in [0.25, 0.3) is 0 Å². The van der Waals surface area contributed by atoms with Gasteiger partial charge in [0.1, 0.15) is 6.04 Å². The smallest absolute Gasteiger partial charge is 0.217 e. The van der Waals surface area contributed by atoms with Crippen molar-refractivity contribution < 1.29 is 9.59 Å². The van der Waals surface area contributed by atoms with Gasteiger partial charge in [-0.25, -0.2) is 0 Å². The van der Waals surface area contributed by atoms with Crippen LogP contribution in [0.1, 0.15) is 24.1 Å². The van der Waals surface area contributed by atoms with Gasteiger partial charge in [-0.3, -0.25) is 9.59 Å². The van der Waals surface area contributed by atoms with Gasteiger partial charge < -0.3 is 5.32 Å². The minimum absolute atomic E-state index is 0.0707. The van der Waals surface area contributed by atoms with Crippen LogP contribution in [-0.2, 0) is 16.0 Å². The predicted octanol–water partition coefficient (Wildman–Crippen LogP) is 0.989. The number of nitrogens with one attached hydrogen (secondary N) is 1. The van der Waals surface area contributed by atoms with E-state index >= 15 is 0 Å². The van der Waals surface area contributed by atoms with E-state index in [0.717, 1.165) is 11.1 Å². The Labute approximate surface area is 82.1 Å². The standard InChI is InChI=1S/C11H11NO2/c1-7(13)12-11-9-5-3-2-4-8(9)6-10(11)14/h2-5,11H,6H2,1H3,(H,12,13). The van der Waals surface area contributed by atoms with Gasteiger partial charge in [-0.05, 0) is 11.1 Å². The number of carbonyl (C=O) groups excluding carboxylic acids is 2. The van der Waals surface area contributed by atoms with E-state index in [1.165, 1.54) is 6.92 Å². The van der Waals surface area contributed by atoms with Crippen molar-refractivity contribution in [3.05, 3.63) is 35.4 Å². The molecule has 0 heterocycles. The summed E-state index contributed by atoms with van der Waals surface area (Å²) in [5, 5.41) is 2.66. The molecule has 1 amide bonds. The first kappa shape index (κ1) is 8.94. The van der Waals surface area contributed by atoms with Gasteiger partial charge in [0.2, 0.25) is 5.91 Å². The fourth-order valence-corrected chi connectivity index (χ4v) is 1.80. The normalized spacial score (nSPS) is 19.2. The van der Waals surface area contributed by atoms with Crippen LogP contribution >= 0.6 is 0 Å². The predicted molar refractivity (Wildman–Crippen MR) is 51.7 cm³/mol. The average molecular weight is 189 g/mol. The third-order valence-corrected chi connectivity index (χ3v) is 2.40. The molecule has 1 aliphatic rings. The molecule has 3 heteroatoms. The number of ketones is 1. The van der Waals surface area contributed by atoms with Crippen molar-refractivity contribution in [2.24, 2.45) is 0 Å². The van der Waals surface area contributed by atoms with E-state index in [1.54, 1.807) is 0 Å². The van der Waals surface area contributed by atoms with Crippen molar-refractivity contribution in [3.8, 4) is 0 Å². The first-order valence-electron chi connectivity index (χ1n) is 4.56. The molecule has 0 saturated carbocycles. The summed E-state index contributed by atoms with van der Waals surface area (Å²) >= 11 is 0. The van der Waals surface area contributed by atoms with Crippen LogP contribution < -0.4 is 5.32 Å². The van der Waals surface area contributed by atoms with Gasteiger partial charge in [0.15, 0.2) is 5.78 Å². The number of carbonyl (C=O) groups is 2. The molecule has 1 aromatic carbocycles. The van der Waals surface area contributed by atoms with Crippen molar-refractivity contribution >= 4 is 11.7 Å². The number of hydrogen-bond donors (Lipinski definition) is 1. The molecule has 0 aliphatic heterocycles. The Morgan fingerprint density at radius 3 is 2.86 bits per heavy atom. The van der Waals surface area contributed by atoms with Crippen molar-refractivity contribution in [3.63, 3.8) is 0 Å². The fourth-order valence-electron chi connectivity index (χ4n) is 1.80. The molecular formula is C11H11NO2. The van der Waals surface area contributed by atoms with Crippen molar-refractivity contribution in [1.29, 1.82) is 0 Å². The maximum absolute atomic E-state index is 11.6. The van der Waals surface area contributed by atoms with E-state index < -0.39 is 6.04 Å². The Morgan fingerprint density at radius 2 is 2.14 bits per heavy atom. The molecule has 1 aliphatic carbocycles. The van der Waals surface area contributed by atoms with E-state index in [1.807, 2.05) is 24.3 Å². The molecule has 72 valence electrons. The quantitative estimate of drug-likeness (QED) is 0.716. The highest BCUT2D eigenvalue weighted by molar-refractivity contribution is 5.94. The number of hydrogen-bond acceptors (Lipinski definition) is 2.